The number of rotatable bonds is 5. The highest BCUT2D eigenvalue weighted by Gasteiger charge is 2.14. The lowest BCUT2D eigenvalue weighted by atomic mass is 10.2. The van der Waals surface area contributed by atoms with Crippen LogP contribution in [0.1, 0.15) is 11.1 Å². The molecule has 0 unspecified atom stereocenters. The minimum atomic E-state index is 0.0587. The van der Waals surface area contributed by atoms with Gasteiger partial charge in [0.2, 0.25) is 5.91 Å². The van der Waals surface area contributed by atoms with E-state index in [0.717, 1.165) is 27.8 Å². The van der Waals surface area contributed by atoms with E-state index < -0.39 is 0 Å². The lowest BCUT2D eigenvalue weighted by Gasteiger charge is -2.07. The van der Waals surface area contributed by atoms with E-state index in [4.69, 9.17) is 16.3 Å². The zero-order valence-electron chi connectivity index (χ0n) is 12.4. The third-order valence-electron chi connectivity index (χ3n) is 3.37. The van der Waals surface area contributed by atoms with Crippen molar-refractivity contribution < 1.29 is 9.53 Å². The summed E-state index contributed by atoms with van der Waals surface area (Å²) in [6.45, 7) is 0.619. The highest BCUT2D eigenvalue weighted by atomic mass is 35.5. The van der Waals surface area contributed by atoms with E-state index in [0.29, 0.717) is 12.4 Å². The van der Waals surface area contributed by atoms with Crippen LogP contribution in [0.4, 0.5) is 0 Å². The molecule has 0 bridgehead atoms. The monoisotopic (exact) mass is 345 g/mol. The molecule has 23 heavy (non-hydrogen) atoms. The first kappa shape index (κ1) is 16.0. The summed E-state index contributed by atoms with van der Waals surface area (Å²) >= 11 is 7.39. The Morgan fingerprint density at radius 3 is 2.52 bits per heavy atom. The predicted molar refractivity (Wildman–Crippen MR) is 95.7 cm³/mol. The second-order valence-corrected chi connectivity index (χ2v) is 6.59. The van der Waals surface area contributed by atoms with Crippen molar-refractivity contribution in [2.75, 3.05) is 12.4 Å². The van der Waals surface area contributed by atoms with Crippen LogP contribution >= 0.6 is 23.4 Å². The maximum Gasteiger partial charge on any atom is 0.235 e. The second kappa shape index (κ2) is 7.57. The molecule has 1 aliphatic rings. The van der Waals surface area contributed by atoms with Crippen molar-refractivity contribution in [1.82, 2.24) is 5.32 Å². The van der Waals surface area contributed by atoms with Crippen molar-refractivity contribution in [2.45, 2.75) is 6.42 Å². The zero-order valence-corrected chi connectivity index (χ0v) is 14.0. The third kappa shape index (κ3) is 4.78. The predicted octanol–water partition coefficient (Wildman–Crippen LogP) is 4.12. The molecular weight excluding hydrogens is 330 g/mol. The molecule has 1 heterocycles. The molecule has 1 fully saturated rings. The fourth-order valence-corrected chi connectivity index (χ4v) is 3.07. The quantitative estimate of drug-likeness (QED) is 0.885. The Hall–Kier alpha value is -1.91. The van der Waals surface area contributed by atoms with Crippen LogP contribution in [0.25, 0.3) is 6.08 Å². The van der Waals surface area contributed by atoms with Gasteiger partial charge in [0.05, 0.1) is 17.4 Å². The van der Waals surface area contributed by atoms with Gasteiger partial charge < -0.3 is 10.1 Å². The van der Waals surface area contributed by atoms with Gasteiger partial charge in [0, 0.05) is 11.4 Å². The van der Waals surface area contributed by atoms with Gasteiger partial charge in [-0.25, -0.2) is 0 Å². The van der Waals surface area contributed by atoms with E-state index in [9.17, 15) is 4.79 Å². The number of carbonyl (C=O) groups excluding carboxylic acids is 1. The van der Waals surface area contributed by atoms with Crippen LogP contribution in [-0.4, -0.2) is 18.3 Å². The topological polar surface area (TPSA) is 38.3 Å². The minimum Gasteiger partial charge on any atom is -0.493 e. The van der Waals surface area contributed by atoms with E-state index in [1.807, 2.05) is 54.6 Å². The van der Waals surface area contributed by atoms with Gasteiger partial charge in [0.1, 0.15) is 5.75 Å². The number of nitrogens with one attached hydrogen (secondary N) is 1. The van der Waals surface area contributed by atoms with Crippen molar-refractivity contribution in [1.29, 1.82) is 0 Å². The van der Waals surface area contributed by atoms with E-state index in [1.54, 1.807) is 0 Å². The van der Waals surface area contributed by atoms with Gasteiger partial charge in [-0.3, -0.25) is 4.79 Å². The van der Waals surface area contributed by atoms with Crippen molar-refractivity contribution >= 4 is 35.3 Å². The van der Waals surface area contributed by atoms with Gasteiger partial charge in [-0.2, -0.15) is 0 Å². The second-order valence-electron chi connectivity index (χ2n) is 5.14. The van der Waals surface area contributed by atoms with Gasteiger partial charge in [0.15, 0.2) is 0 Å². The summed E-state index contributed by atoms with van der Waals surface area (Å²) in [6.07, 6.45) is 2.80. The highest BCUT2D eigenvalue weighted by Crippen LogP contribution is 2.22. The average Bonchev–Trinajstić information content (AvgIpc) is 2.96. The first-order valence-corrected chi connectivity index (χ1v) is 8.67. The number of benzene rings is 2. The van der Waals surface area contributed by atoms with Gasteiger partial charge in [-0.1, -0.05) is 47.6 Å². The number of hydrogen-bond acceptors (Lipinski definition) is 3. The summed E-state index contributed by atoms with van der Waals surface area (Å²) in [6, 6.07) is 15.6. The Bertz CT molecular complexity index is 711. The maximum atomic E-state index is 11.2. The summed E-state index contributed by atoms with van der Waals surface area (Å²) in [7, 11) is 0. The molecular formula is C18H16ClNO2S. The first-order valence-electron chi connectivity index (χ1n) is 7.31. The first-order chi connectivity index (χ1) is 11.2. The van der Waals surface area contributed by atoms with Crippen LogP contribution in [0.15, 0.2) is 53.6 Å². The van der Waals surface area contributed by atoms with Crippen molar-refractivity contribution in [3.63, 3.8) is 0 Å². The molecule has 0 atom stereocenters. The molecule has 1 saturated heterocycles. The van der Waals surface area contributed by atoms with Crippen LogP contribution in [0, 0.1) is 0 Å². The highest BCUT2D eigenvalue weighted by molar-refractivity contribution is 8.04. The Morgan fingerprint density at radius 1 is 1.13 bits per heavy atom. The summed E-state index contributed by atoms with van der Waals surface area (Å²) in [5, 5.41) is 4.46. The fraction of sp³-hybridized carbons (Fsp3) is 0.167. The molecule has 0 spiro atoms. The van der Waals surface area contributed by atoms with Crippen molar-refractivity contribution in [3.8, 4) is 5.75 Å². The van der Waals surface area contributed by atoms with E-state index in [2.05, 4.69) is 5.32 Å². The van der Waals surface area contributed by atoms with Crippen LogP contribution < -0.4 is 10.1 Å². The number of halogens is 1. The molecule has 0 aliphatic carbocycles. The largest absolute Gasteiger partial charge is 0.493 e. The SMILES string of the molecule is O=C1CSC(=Cc2ccc(OCCc3ccc(Cl)cc3)cc2)N1. The van der Waals surface area contributed by atoms with Crippen LogP contribution in [0.5, 0.6) is 5.75 Å². The average molecular weight is 346 g/mol. The molecule has 0 saturated carbocycles. The summed E-state index contributed by atoms with van der Waals surface area (Å²) in [5.41, 5.74) is 2.24. The Labute approximate surface area is 144 Å². The molecule has 2 aromatic carbocycles. The number of hydrogen-bond donors (Lipinski definition) is 1. The molecule has 0 radical (unpaired) electrons. The molecule has 0 aromatic heterocycles. The van der Waals surface area contributed by atoms with Crippen molar-refractivity contribution in [2.24, 2.45) is 0 Å². The molecule has 1 aliphatic heterocycles. The summed E-state index contributed by atoms with van der Waals surface area (Å²) in [4.78, 5) is 11.2. The smallest absolute Gasteiger partial charge is 0.235 e. The fourth-order valence-electron chi connectivity index (χ4n) is 2.18. The molecule has 3 nitrogen and oxygen atoms in total. The van der Waals surface area contributed by atoms with Gasteiger partial charge in [-0.15, -0.1) is 0 Å². The van der Waals surface area contributed by atoms with E-state index in [-0.39, 0.29) is 5.91 Å². The van der Waals surface area contributed by atoms with Crippen LogP contribution in [0.2, 0.25) is 5.02 Å². The van der Waals surface area contributed by atoms with Crippen LogP contribution in [-0.2, 0) is 11.2 Å². The normalized spacial score (nSPS) is 15.7. The molecule has 2 aromatic rings. The Morgan fingerprint density at radius 2 is 1.87 bits per heavy atom. The number of thioether (sulfide) groups is 1. The Kier molecular flexibility index (Phi) is 5.26. The summed E-state index contributed by atoms with van der Waals surface area (Å²) in [5.74, 6) is 1.39. The summed E-state index contributed by atoms with van der Waals surface area (Å²) < 4.78 is 5.75. The lowest BCUT2D eigenvalue weighted by molar-refractivity contribution is -0.117. The minimum absolute atomic E-state index is 0.0587. The van der Waals surface area contributed by atoms with Crippen LogP contribution in [0.3, 0.4) is 0 Å². The molecule has 3 rings (SSSR count). The third-order valence-corrected chi connectivity index (χ3v) is 4.56. The molecule has 1 amide bonds. The number of carbonyl (C=O) groups is 1. The Balaban J connectivity index is 1.51. The van der Waals surface area contributed by atoms with Gasteiger partial charge in [0.25, 0.3) is 0 Å². The maximum absolute atomic E-state index is 11.2. The molecule has 118 valence electrons. The zero-order chi connectivity index (χ0) is 16.1. The standard InChI is InChI=1S/C18H16ClNO2S/c19-15-5-1-13(2-6-15)9-10-22-16-7-3-14(4-8-16)11-18-20-17(21)12-23-18/h1-8,11H,9-10,12H2,(H,20,21). The number of amides is 1. The van der Waals surface area contributed by atoms with E-state index in [1.165, 1.54) is 17.3 Å². The van der Waals surface area contributed by atoms with E-state index >= 15 is 0 Å². The van der Waals surface area contributed by atoms with Crippen molar-refractivity contribution in [3.05, 3.63) is 69.7 Å². The molecule has 5 heteroatoms. The lowest BCUT2D eigenvalue weighted by Crippen LogP contribution is -2.13. The van der Waals surface area contributed by atoms with Gasteiger partial charge in [-0.05, 0) is 41.5 Å². The number of ether oxygens (including phenoxy) is 1. The van der Waals surface area contributed by atoms with Gasteiger partial charge >= 0.3 is 0 Å². The molecule has 1 N–H and O–H groups in total.